The van der Waals surface area contributed by atoms with Gasteiger partial charge in [0.1, 0.15) is 23.0 Å². The van der Waals surface area contributed by atoms with Crippen LogP contribution in [0.4, 0.5) is 0 Å². The zero-order valence-electron chi connectivity index (χ0n) is 12.4. The summed E-state index contributed by atoms with van der Waals surface area (Å²) in [5, 5.41) is 37.9. The monoisotopic (exact) mass is 326 g/mol. The largest absolute Gasteiger partial charge is 0.508 e. The maximum atomic E-state index is 9.70. The zero-order chi connectivity index (χ0) is 17.1. The fourth-order valence-corrected chi connectivity index (χ4v) is 2.01. The summed E-state index contributed by atoms with van der Waals surface area (Å²) < 4.78 is 11.0. The minimum absolute atomic E-state index is 0.0581. The van der Waals surface area contributed by atoms with Gasteiger partial charge in [-0.2, -0.15) is 0 Å². The van der Waals surface area contributed by atoms with Crippen LogP contribution < -0.4 is 9.47 Å². The molecule has 122 valence electrons. The first kappa shape index (κ1) is 15.4. The molecule has 0 aliphatic rings. The van der Waals surface area contributed by atoms with Crippen LogP contribution in [-0.2, 0) is 0 Å². The summed E-state index contributed by atoms with van der Waals surface area (Å²) in [7, 11) is 0. The summed E-state index contributed by atoms with van der Waals surface area (Å²) in [5.41, 5.74) is 0. The van der Waals surface area contributed by atoms with Crippen molar-refractivity contribution in [3.63, 3.8) is 0 Å². The van der Waals surface area contributed by atoms with E-state index >= 15 is 0 Å². The van der Waals surface area contributed by atoms with Crippen molar-refractivity contribution in [2.24, 2.45) is 0 Å². The van der Waals surface area contributed by atoms with E-state index in [4.69, 9.17) is 9.47 Å². The Hall–Kier alpha value is -3.54. The van der Waals surface area contributed by atoms with Gasteiger partial charge in [0.25, 0.3) is 0 Å². The van der Waals surface area contributed by atoms with E-state index in [-0.39, 0.29) is 34.5 Å². The topological polar surface area (TPSA) is 99.4 Å². The van der Waals surface area contributed by atoms with Crippen molar-refractivity contribution < 1.29 is 29.9 Å². The molecule has 0 radical (unpaired) electrons. The highest BCUT2D eigenvalue weighted by Crippen LogP contribution is 2.36. The van der Waals surface area contributed by atoms with E-state index in [0.29, 0.717) is 11.5 Å². The Bertz CT molecular complexity index is 785. The predicted molar refractivity (Wildman–Crippen MR) is 86.1 cm³/mol. The molecule has 0 atom stereocenters. The van der Waals surface area contributed by atoms with Gasteiger partial charge in [0, 0.05) is 12.1 Å². The minimum Gasteiger partial charge on any atom is -0.508 e. The van der Waals surface area contributed by atoms with Crippen molar-refractivity contribution in [3.8, 4) is 46.0 Å². The first-order valence-electron chi connectivity index (χ1n) is 7.01. The van der Waals surface area contributed by atoms with Crippen LogP contribution in [0.25, 0.3) is 0 Å². The second kappa shape index (κ2) is 6.29. The highest BCUT2D eigenvalue weighted by atomic mass is 16.5. The number of phenols is 4. The fourth-order valence-electron chi connectivity index (χ4n) is 2.01. The van der Waals surface area contributed by atoms with Crippen LogP contribution in [0, 0.1) is 0 Å². The summed E-state index contributed by atoms with van der Waals surface area (Å²) in [6.45, 7) is 0. The number of phenolic OH excluding ortho intramolecular Hbond substituents is 4. The summed E-state index contributed by atoms with van der Waals surface area (Å²) in [5.74, 6) is 0.857. The average molecular weight is 326 g/mol. The second-order valence-corrected chi connectivity index (χ2v) is 4.98. The van der Waals surface area contributed by atoms with Gasteiger partial charge in [-0.05, 0) is 48.5 Å². The van der Waals surface area contributed by atoms with Gasteiger partial charge in [-0.1, -0.05) is 0 Å². The lowest BCUT2D eigenvalue weighted by Gasteiger charge is -2.10. The number of hydrogen-bond donors (Lipinski definition) is 4. The molecule has 0 spiro atoms. The Kier molecular flexibility index (Phi) is 4.03. The molecule has 0 heterocycles. The lowest BCUT2D eigenvalue weighted by molar-refractivity contribution is 0.398. The molecule has 0 aliphatic heterocycles. The van der Waals surface area contributed by atoms with Gasteiger partial charge in [-0.15, -0.1) is 0 Å². The lowest BCUT2D eigenvalue weighted by Crippen LogP contribution is -1.87. The molecule has 0 amide bonds. The first-order chi connectivity index (χ1) is 11.5. The normalized spacial score (nSPS) is 10.3. The molecule has 0 saturated heterocycles. The molecule has 4 N–H and O–H groups in total. The number of rotatable bonds is 4. The quantitative estimate of drug-likeness (QED) is 0.576. The van der Waals surface area contributed by atoms with Crippen LogP contribution in [-0.4, -0.2) is 20.4 Å². The third-order valence-electron chi connectivity index (χ3n) is 3.16. The first-order valence-corrected chi connectivity index (χ1v) is 7.01. The van der Waals surface area contributed by atoms with Gasteiger partial charge >= 0.3 is 0 Å². The summed E-state index contributed by atoms with van der Waals surface area (Å²) in [6.07, 6.45) is 0. The summed E-state index contributed by atoms with van der Waals surface area (Å²) in [4.78, 5) is 0. The molecule has 0 aromatic heterocycles. The van der Waals surface area contributed by atoms with Gasteiger partial charge in [0.15, 0.2) is 23.0 Å². The van der Waals surface area contributed by atoms with Gasteiger partial charge in [0.2, 0.25) is 0 Å². The molecule has 3 aromatic carbocycles. The molecule has 3 rings (SSSR count). The van der Waals surface area contributed by atoms with Gasteiger partial charge in [-0.25, -0.2) is 0 Å². The molecule has 0 bridgehead atoms. The van der Waals surface area contributed by atoms with Gasteiger partial charge < -0.3 is 29.9 Å². The smallest absolute Gasteiger partial charge is 0.169 e. The van der Waals surface area contributed by atoms with Crippen LogP contribution >= 0.6 is 0 Å². The van der Waals surface area contributed by atoms with E-state index in [9.17, 15) is 20.4 Å². The highest BCUT2D eigenvalue weighted by molar-refractivity contribution is 5.48. The van der Waals surface area contributed by atoms with Crippen molar-refractivity contribution in [2.45, 2.75) is 0 Å². The summed E-state index contributed by atoms with van der Waals surface area (Å²) >= 11 is 0. The maximum Gasteiger partial charge on any atom is 0.169 e. The molecule has 24 heavy (non-hydrogen) atoms. The number of benzene rings is 3. The molecule has 0 unspecified atom stereocenters. The van der Waals surface area contributed by atoms with E-state index < -0.39 is 0 Å². The Balaban J connectivity index is 1.73. The number of hydrogen-bond acceptors (Lipinski definition) is 6. The zero-order valence-corrected chi connectivity index (χ0v) is 12.4. The molecule has 6 heteroatoms. The maximum absolute atomic E-state index is 9.70. The van der Waals surface area contributed by atoms with Crippen LogP contribution in [0.2, 0.25) is 0 Å². The Morgan fingerprint density at radius 3 is 1.21 bits per heavy atom. The molecule has 0 aliphatic carbocycles. The molecule has 0 fully saturated rings. The second-order valence-electron chi connectivity index (χ2n) is 4.98. The SMILES string of the molecule is Oc1ccc(Oc2ccc(Oc3ccc(O)cc3O)cc2)c(O)c1. The molecular formula is C18H14O6. The van der Waals surface area contributed by atoms with Crippen molar-refractivity contribution in [2.75, 3.05) is 0 Å². The van der Waals surface area contributed by atoms with Crippen molar-refractivity contribution in [1.82, 2.24) is 0 Å². The Labute approximate surface area is 137 Å². The van der Waals surface area contributed by atoms with Gasteiger partial charge in [-0.3, -0.25) is 0 Å². The van der Waals surface area contributed by atoms with E-state index in [0.717, 1.165) is 0 Å². The van der Waals surface area contributed by atoms with Crippen molar-refractivity contribution in [1.29, 1.82) is 0 Å². The molecule has 6 nitrogen and oxygen atoms in total. The Morgan fingerprint density at radius 1 is 0.500 bits per heavy atom. The van der Waals surface area contributed by atoms with Crippen molar-refractivity contribution >= 4 is 0 Å². The lowest BCUT2D eigenvalue weighted by atomic mass is 10.3. The third-order valence-corrected chi connectivity index (χ3v) is 3.16. The average Bonchev–Trinajstić information content (AvgIpc) is 2.54. The standard InChI is InChI=1S/C18H14O6/c19-11-1-7-17(15(21)9-11)23-13-3-5-14(6-4-13)24-18-8-2-12(20)10-16(18)22/h1-10,19-22H. The summed E-state index contributed by atoms with van der Waals surface area (Å²) in [6, 6.07) is 14.6. The minimum atomic E-state index is -0.177. The van der Waals surface area contributed by atoms with E-state index in [2.05, 4.69) is 0 Å². The molecular weight excluding hydrogens is 312 g/mol. The third kappa shape index (κ3) is 3.44. The van der Waals surface area contributed by atoms with Crippen LogP contribution in [0.1, 0.15) is 0 Å². The highest BCUT2D eigenvalue weighted by Gasteiger charge is 2.07. The van der Waals surface area contributed by atoms with E-state index in [1.165, 1.54) is 36.4 Å². The predicted octanol–water partition coefficient (Wildman–Crippen LogP) is 4.09. The van der Waals surface area contributed by atoms with Gasteiger partial charge in [0.05, 0.1) is 0 Å². The number of aromatic hydroxyl groups is 4. The molecule has 3 aromatic rings. The van der Waals surface area contributed by atoms with Crippen LogP contribution in [0.5, 0.6) is 46.0 Å². The fraction of sp³-hybridized carbons (Fsp3) is 0. The van der Waals surface area contributed by atoms with E-state index in [1.807, 2.05) is 0 Å². The number of ether oxygens (including phenoxy) is 2. The van der Waals surface area contributed by atoms with Crippen LogP contribution in [0.15, 0.2) is 60.7 Å². The van der Waals surface area contributed by atoms with Crippen LogP contribution in [0.3, 0.4) is 0 Å². The van der Waals surface area contributed by atoms with E-state index in [1.54, 1.807) is 24.3 Å². The van der Waals surface area contributed by atoms with Crippen molar-refractivity contribution in [3.05, 3.63) is 60.7 Å². The Morgan fingerprint density at radius 2 is 0.875 bits per heavy atom. The molecule has 0 saturated carbocycles.